The Balaban J connectivity index is 2.23. The van der Waals surface area contributed by atoms with Crippen LogP contribution in [0.15, 0.2) is 21.9 Å². The van der Waals surface area contributed by atoms with Crippen LogP contribution in [0.3, 0.4) is 0 Å². The van der Waals surface area contributed by atoms with Crippen LogP contribution in [-0.2, 0) is 16.1 Å². The monoisotopic (exact) mass is 373 g/mol. The first-order valence-corrected chi connectivity index (χ1v) is 8.25. The summed E-state index contributed by atoms with van der Waals surface area (Å²) < 4.78 is 7.88. The van der Waals surface area contributed by atoms with Crippen LogP contribution in [0.2, 0.25) is 0 Å². The fourth-order valence-corrected chi connectivity index (χ4v) is 2.99. The number of carboxylic acids is 1. The van der Waals surface area contributed by atoms with E-state index in [9.17, 15) is 4.79 Å². The molecular formula is C13H16BrN3O3S. The molecule has 2 aromatic heterocycles. The molecule has 0 aliphatic carbocycles. The third kappa shape index (κ3) is 4.42. The van der Waals surface area contributed by atoms with Crippen molar-refractivity contribution in [2.75, 3.05) is 19.5 Å². The number of hydrogen-bond acceptors (Lipinski definition) is 5. The van der Waals surface area contributed by atoms with E-state index in [0.717, 1.165) is 35.0 Å². The summed E-state index contributed by atoms with van der Waals surface area (Å²) in [6, 6.07) is 1.89. The number of carbonyl (C=O) groups is 1. The molecule has 2 rings (SSSR count). The summed E-state index contributed by atoms with van der Waals surface area (Å²) in [4.78, 5) is 19.6. The molecule has 0 unspecified atom stereocenters. The second-order valence-electron chi connectivity index (χ2n) is 4.42. The molecule has 6 nitrogen and oxygen atoms in total. The van der Waals surface area contributed by atoms with E-state index in [1.807, 2.05) is 10.6 Å². The Hall–Kier alpha value is -1.12. The molecule has 0 aromatic carbocycles. The summed E-state index contributed by atoms with van der Waals surface area (Å²) in [6.45, 7) is 1.46. The zero-order chi connectivity index (χ0) is 15.2. The van der Waals surface area contributed by atoms with E-state index in [0.29, 0.717) is 11.8 Å². The summed E-state index contributed by atoms with van der Waals surface area (Å²) in [5, 5.41) is 9.52. The number of nitrogens with zero attached hydrogens (tertiary/aromatic N) is 3. The number of carboxylic acid groups (broad SMARTS) is 1. The maximum absolute atomic E-state index is 10.8. The molecule has 2 heterocycles. The van der Waals surface area contributed by atoms with Crippen molar-refractivity contribution in [3.8, 4) is 0 Å². The van der Waals surface area contributed by atoms with E-state index in [1.165, 1.54) is 11.8 Å². The Morgan fingerprint density at radius 3 is 3.05 bits per heavy atom. The van der Waals surface area contributed by atoms with Gasteiger partial charge in [-0.25, -0.2) is 9.97 Å². The van der Waals surface area contributed by atoms with Crippen molar-refractivity contribution in [3.05, 3.63) is 16.7 Å². The summed E-state index contributed by atoms with van der Waals surface area (Å²) >= 11 is 4.59. The van der Waals surface area contributed by atoms with Crippen LogP contribution in [0.25, 0.3) is 11.2 Å². The Morgan fingerprint density at radius 1 is 1.52 bits per heavy atom. The number of halogens is 1. The van der Waals surface area contributed by atoms with Crippen molar-refractivity contribution in [2.45, 2.75) is 24.5 Å². The van der Waals surface area contributed by atoms with Crippen LogP contribution in [-0.4, -0.2) is 45.1 Å². The molecule has 0 saturated heterocycles. The lowest BCUT2D eigenvalue weighted by atomic mass is 10.3. The second-order valence-corrected chi connectivity index (χ2v) is 6.28. The van der Waals surface area contributed by atoms with Crippen molar-refractivity contribution >= 4 is 44.8 Å². The minimum atomic E-state index is -0.855. The topological polar surface area (TPSA) is 77.2 Å². The highest BCUT2D eigenvalue weighted by atomic mass is 79.9. The first-order chi connectivity index (χ1) is 10.1. The van der Waals surface area contributed by atoms with Crippen molar-refractivity contribution in [1.82, 2.24) is 14.5 Å². The average molecular weight is 374 g/mol. The number of aryl methyl sites for hydroxylation is 1. The first-order valence-electron chi connectivity index (χ1n) is 6.47. The average Bonchev–Trinajstić information content (AvgIpc) is 2.78. The fraction of sp³-hybridized carbons (Fsp3) is 0.462. The third-order valence-corrected chi connectivity index (χ3v) is 4.22. The number of imidazole rings is 1. The maximum atomic E-state index is 10.8. The molecule has 0 fully saturated rings. The van der Waals surface area contributed by atoms with E-state index in [1.54, 1.807) is 13.3 Å². The third-order valence-electron chi connectivity index (χ3n) is 2.82. The predicted molar refractivity (Wildman–Crippen MR) is 84.7 cm³/mol. The summed E-state index contributed by atoms with van der Waals surface area (Å²) in [5.41, 5.74) is 1.55. The van der Waals surface area contributed by atoms with Crippen molar-refractivity contribution in [1.29, 1.82) is 0 Å². The number of hydrogen-bond donors (Lipinski definition) is 1. The summed E-state index contributed by atoms with van der Waals surface area (Å²) in [7, 11) is 1.68. The van der Waals surface area contributed by atoms with Crippen molar-refractivity contribution in [3.63, 3.8) is 0 Å². The number of aromatic nitrogens is 3. The summed E-state index contributed by atoms with van der Waals surface area (Å²) in [6.07, 6.45) is 3.59. The molecule has 0 aliphatic rings. The van der Waals surface area contributed by atoms with Crippen LogP contribution in [0.4, 0.5) is 0 Å². The zero-order valence-electron chi connectivity index (χ0n) is 11.6. The molecule has 0 radical (unpaired) electrons. The van der Waals surface area contributed by atoms with Gasteiger partial charge in [-0.1, -0.05) is 11.8 Å². The number of thioether (sulfide) groups is 1. The molecule has 8 heteroatoms. The minimum absolute atomic E-state index is 0.0113. The highest BCUT2D eigenvalue weighted by Gasteiger charge is 2.14. The van der Waals surface area contributed by atoms with Gasteiger partial charge in [0, 0.05) is 30.9 Å². The van der Waals surface area contributed by atoms with Crippen LogP contribution in [0.1, 0.15) is 12.8 Å². The quantitative estimate of drug-likeness (QED) is 0.566. The van der Waals surface area contributed by atoms with Gasteiger partial charge in [0.05, 0.1) is 5.75 Å². The standard InChI is InChI=1S/C13H16BrN3O3S/c1-20-5-3-2-4-17-12-10(6-9(14)7-15-12)16-13(17)21-8-11(18)19/h6-7H,2-5,8H2,1H3,(H,18,19). The number of unbranched alkanes of at least 4 members (excludes halogenated alkanes) is 1. The number of pyridine rings is 1. The van der Waals surface area contributed by atoms with Crippen molar-refractivity contribution < 1.29 is 14.6 Å². The number of aliphatic carboxylic acids is 1. The van der Waals surface area contributed by atoms with Crippen molar-refractivity contribution in [2.24, 2.45) is 0 Å². The van der Waals surface area contributed by atoms with Gasteiger partial charge < -0.3 is 14.4 Å². The van der Waals surface area contributed by atoms with E-state index in [4.69, 9.17) is 9.84 Å². The van der Waals surface area contributed by atoms with Gasteiger partial charge in [-0.2, -0.15) is 0 Å². The lowest BCUT2D eigenvalue weighted by Gasteiger charge is -2.07. The van der Waals surface area contributed by atoms with Crippen LogP contribution in [0, 0.1) is 0 Å². The van der Waals surface area contributed by atoms with Gasteiger partial charge in [0.15, 0.2) is 10.8 Å². The Labute approximate surface area is 135 Å². The van der Waals surface area contributed by atoms with Crippen LogP contribution < -0.4 is 0 Å². The summed E-state index contributed by atoms with van der Waals surface area (Å²) in [5.74, 6) is -0.866. The predicted octanol–water partition coefficient (Wildman–Crippen LogP) is 2.80. The zero-order valence-corrected chi connectivity index (χ0v) is 14.0. The van der Waals surface area contributed by atoms with E-state index >= 15 is 0 Å². The van der Waals surface area contributed by atoms with Crippen LogP contribution in [0.5, 0.6) is 0 Å². The Morgan fingerprint density at radius 2 is 2.33 bits per heavy atom. The molecule has 0 atom stereocenters. The molecule has 1 N–H and O–H groups in total. The molecule has 0 amide bonds. The SMILES string of the molecule is COCCCCn1c(SCC(=O)O)nc2cc(Br)cnc21. The van der Waals surface area contributed by atoms with Gasteiger partial charge in [-0.3, -0.25) is 4.79 Å². The van der Waals surface area contributed by atoms with Gasteiger partial charge in [-0.05, 0) is 34.8 Å². The minimum Gasteiger partial charge on any atom is -0.481 e. The van der Waals surface area contributed by atoms with Gasteiger partial charge in [0.25, 0.3) is 0 Å². The number of ether oxygens (including phenoxy) is 1. The van der Waals surface area contributed by atoms with E-state index in [-0.39, 0.29) is 5.75 Å². The first kappa shape index (κ1) is 16.3. The van der Waals surface area contributed by atoms with Gasteiger partial charge in [0.1, 0.15) is 5.52 Å². The van der Waals surface area contributed by atoms with Gasteiger partial charge >= 0.3 is 5.97 Å². The molecule has 0 bridgehead atoms. The molecule has 0 aliphatic heterocycles. The van der Waals surface area contributed by atoms with Gasteiger partial charge in [-0.15, -0.1) is 0 Å². The molecular weight excluding hydrogens is 358 g/mol. The fourth-order valence-electron chi connectivity index (χ4n) is 1.92. The molecule has 114 valence electrons. The molecule has 0 spiro atoms. The van der Waals surface area contributed by atoms with E-state index < -0.39 is 5.97 Å². The largest absolute Gasteiger partial charge is 0.481 e. The highest BCUT2D eigenvalue weighted by Crippen LogP contribution is 2.25. The number of rotatable bonds is 8. The molecule has 21 heavy (non-hydrogen) atoms. The second kappa shape index (κ2) is 7.77. The highest BCUT2D eigenvalue weighted by molar-refractivity contribution is 9.10. The smallest absolute Gasteiger partial charge is 0.313 e. The Bertz CT molecular complexity index is 632. The van der Waals surface area contributed by atoms with Crippen LogP contribution >= 0.6 is 27.7 Å². The van der Waals surface area contributed by atoms with Gasteiger partial charge in [0.2, 0.25) is 0 Å². The molecule has 2 aromatic rings. The Kier molecular flexibility index (Phi) is 6.01. The molecule has 0 saturated carbocycles. The maximum Gasteiger partial charge on any atom is 0.313 e. The lowest BCUT2D eigenvalue weighted by Crippen LogP contribution is -2.05. The van der Waals surface area contributed by atoms with E-state index in [2.05, 4.69) is 25.9 Å². The number of fused-ring (bicyclic) bond motifs is 1. The normalized spacial score (nSPS) is 11.1. The lowest BCUT2D eigenvalue weighted by molar-refractivity contribution is -0.133. The number of methoxy groups -OCH3 is 1.